The first-order valence-electron chi connectivity index (χ1n) is 6.51. The van der Waals surface area contributed by atoms with Gasteiger partial charge in [-0.25, -0.2) is 4.39 Å². The molecule has 0 amide bonds. The third kappa shape index (κ3) is 3.86. The minimum atomic E-state index is -0.395. The van der Waals surface area contributed by atoms with Crippen molar-refractivity contribution in [1.29, 1.82) is 0 Å². The van der Waals surface area contributed by atoms with Gasteiger partial charge in [0.05, 0.1) is 7.11 Å². The Labute approximate surface area is 128 Å². The summed E-state index contributed by atoms with van der Waals surface area (Å²) in [7, 11) is 1.55. The van der Waals surface area contributed by atoms with Crippen molar-refractivity contribution in [2.45, 2.75) is 19.6 Å². The maximum Gasteiger partial charge on any atom is 0.161 e. The van der Waals surface area contributed by atoms with E-state index in [2.05, 4.69) is 0 Å². The molecule has 2 aromatic carbocycles. The molecule has 1 atom stereocenters. The molecular weight excluding hydrogens is 293 g/mol. The van der Waals surface area contributed by atoms with Crippen molar-refractivity contribution >= 4 is 11.6 Å². The average molecular weight is 310 g/mol. The number of hydrogen-bond acceptors (Lipinski definition) is 3. The van der Waals surface area contributed by atoms with Crippen LogP contribution in [0.3, 0.4) is 0 Å². The average Bonchev–Trinajstić information content (AvgIpc) is 2.46. The number of hydrogen-bond donors (Lipinski definition) is 1. The molecule has 0 saturated heterocycles. The highest BCUT2D eigenvalue weighted by molar-refractivity contribution is 6.30. The molecule has 112 valence electrons. The van der Waals surface area contributed by atoms with Crippen LogP contribution in [0.15, 0.2) is 36.4 Å². The van der Waals surface area contributed by atoms with Crippen LogP contribution in [-0.4, -0.2) is 7.11 Å². The van der Waals surface area contributed by atoms with Gasteiger partial charge in [0.1, 0.15) is 12.4 Å². The molecule has 0 spiro atoms. The number of ether oxygens (including phenoxy) is 2. The standard InChI is InChI=1S/C16H17ClFNO2/c1-10(19)11-4-6-15(16(7-11)20-2)21-9-12-3-5-13(17)8-14(12)18/h3-8,10H,9,19H2,1-2H3. The molecule has 21 heavy (non-hydrogen) atoms. The minimum absolute atomic E-state index is 0.0941. The summed E-state index contributed by atoms with van der Waals surface area (Å²) >= 11 is 5.72. The fourth-order valence-corrected chi connectivity index (χ4v) is 2.04. The second-order valence-electron chi connectivity index (χ2n) is 4.72. The van der Waals surface area contributed by atoms with Crippen LogP contribution in [0.1, 0.15) is 24.1 Å². The smallest absolute Gasteiger partial charge is 0.161 e. The molecule has 3 nitrogen and oxygen atoms in total. The van der Waals surface area contributed by atoms with Gasteiger partial charge in [-0.1, -0.05) is 23.7 Å². The molecule has 0 heterocycles. The van der Waals surface area contributed by atoms with E-state index in [9.17, 15) is 4.39 Å². The lowest BCUT2D eigenvalue weighted by Crippen LogP contribution is -2.06. The number of rotatable bonds is 5. The van der Waals surface area contributed by atoms with Crippen molar-refractivity contribution in [2.75, 3.05) is 7.11 Å². The summed E-state index contributed by atoms with van der Waals surface area (Å²) in [5.41, 5.74) is 7.20. The minimum Gasteiger partial charge on any atom is -0.493 e. The van der Waals surface area contributed by atoms with Gasteiger partial charge in [-0.3, -0.25) is 0 Å². The van der Waals surface area contributed by atoms with E-state index in [1.54, 1.807) is 25.3 Å². The van der Waals surface area contributed by atoms with Gasteiger partial charge in [-0.15, -0.1) is 0 Å². The normalized spacial score (nSPS) is 12.0. The van der Waals surface area contributed by atoms with Crippen LogP contribution in [-0.2, 0) is 6.61 Å². The van der Waals surface area contributed by atoms with Crippen molar-refractivity contribution in [3.05, 3.63) is 58.4 Å². The van der Waals surface area contributed by atoms with Crippen LogP contribution < -0.4 is 15.2 Å². The quantitative estimate of drug-likeness (QED) is 0.905. The molecule has 0 aliphatic heterocycles. The van der Waals surface area contributed by atoms with Gasteiger partial charge >= 0.3 is 0 Å². The van der Waals surface area contributed by atoms with Crippen LogP contribution in [0.5, 0.6) is 11.5 Å². The Morgan fingerprint density at radius 3 is 2.57 bits per heavy atom. The summed E-state index contributed by atoms with van der Waals surface area (Å²) < 4.78 is 24.6. The van der Waals surface area contributed by atoms with Crippen LogP contribution >= 0.6 is 11.6 Å². The van der Waals surface area contributed by atoms with E-state index in [1.165, 1.54) is 6.07 Å². The lowest BCUT2D eigenvalue weighted by Gasteiger charge is -2.14. The topological polar surface area (TPSA) is 44.5 Å². The number of nitrogens with two attached hydrogens (primary N) is 1. The Bertz CT molecular complexity index is 632. The predicted octanol–water partition coefficient (Wildman–Crippen LogP) is 4.09. The van der Waals surface area contributed by atoms with E-state index < -0.39 is 5.82 Å². The van der Waals surface area contributed by atoms with E-state index in [0.29, 0.717) is 22.1 Å². The highest BCUT2D eigenvalue weighted by atomic mass is 35.5. The summed E-state index contributed by atoms with van der Waals surface area (Å²) in [5, 5.41) is 0.357. The second-order valence-corrected chi connectivity index (χ2v) is 5.16. The van der Waals surface area contributed by atoms with Gasteiger partial charge in [-0.2, -0.15) is 0 Å². The molecule has 0 aliphatic carbocycles. The molecule has 0 saturated carbocycles. The van der Waals surface area contributed by atoms with Crippen LogP contribution in [0, 0.1) is 5.82 Å². The molecule has 0 radical (unpaired) electrons. The van der Waals surface area contributed by atoms with E-state index >= 15 is 0 Å². The van der Waals surface area contributed by atoms with Crippen molar-refractivity contribution in [1.82, 2.24) is 0 Å². The van der Waals surface area contributed by atoms with Gasteiger partial charge in [0.15, 0.2) is 11.5 Å². The molecule has 0 bridgehead atoms. The Morgan fingerprint density at radius 2 is 1.95 bits per heavy atom. The van der Waals surface area contributed by atoms with Crippen molar-refractivity contribution < 1.29 is 13.9 Å². The zero-order valence-electron chi connectivity index (χ0n) is 11.9. The maximum atomic E-state index is 13.7. The van der Waals surface area contributed by atoms with Crippen molar-refractivity contribution in [3.8, 4) is 11.5 Å². The van der Waals surface area contributed by atoms with Crippen molar-refractivity contribution in [3.63, 3.8) is 0 Å². The first-order valence-corrected chi connectivity index (χ1v) is 6.89. The lowest BCUT2D eigenvalue weighted by molar-refractivity contribution is 0.279. The maximum absolute atomic E-state index is 13.7. The fourth-order valence-electron chi connectivity index (χ4n) is 1.88. The lowest BCUT2D eigenvalue weighted by atomic mass is 10.1. The van der Waals surface area contributed by atoms with Gasteiger partial charge < -0.3 is 15.2 Å². The van der Waals surface area contributed by atoms with E-state index in [4.69, 9.17) is 26.8 Å². The predicted molar refractivity (Wildman–Crippen MR) is 81.3 cm³/mol. The van der Waals surface area contributed by atoms with Crippen LogP contribution in [0.2, 0.25) is 5.02 Å². The molecular formula is C16H17ClFNO2. The zero-order chi connectivity index (χ0) is 15.4. The largest absolute Gasteiger partial charge is 0.493 e. The number of benzene rings is 2. The third-order valence-corrected chi connectivity index (χ3v) is 3.35. The molecule has 2 aromatic rings. The molecule has 2 N–H and O–H groups in total. The Balaban J connectivity index is 2.16. The summed E-state index contributed by atoms with van der Waals surface area (Å²) in [6, 6.07) is 9.84. The van der Waals surface area contributed by atoms with Crippen LogP contribution in [0.4, 0.5) is 4.39 Å². The molecule has 1 unspecified atom stereocenters. The zero-order valence-corrected chi connectivity index (χ0v) is 12.7. The Morgan fingerprint density at radius 1 is 1.19 bits per heavy atom. The first kappa shape index (κ1) is 15.6. The molecule has 0 fully saturated rings. The molecule has 5 heteroatoms. The third-order valence-electron chi connectivity index (χ3n) is 3.11. The fraction of sp³-hybridized carbons (Fsp3) is 0.250. The Hall–Kier alpha value is -1.78. The van der Waals surface area contributed by atoms with E-state index in [-0.39, 0.29) is 12.6 Å². The van der Waals surface area contributed by atoms with Crippen molar-refractivity contribution in [2.24, 2.45) is 5.73 Å². The summed E-state index contributed by atoms with van der Waals surface area (Å²) in [4.78, 5) is 0. The van der Waals surface area contributed by atoms with Gasteiger partial charge in [-0.05, 0) is 36.8 Å². The Kier molecular flexibility index (Phi) is 5.04. The SMILES string of the molecule is COc1cc(C(C)N)ccc1OCc1ccc(Cl)cc1F. The summed E-state index contributed by atoms with van der Waals surface area (Å²) in [6.45, 7) is 1.98. The number of methoxy groups -OCH3 is 1. The van der Waals surface area contributed by atoms with Gasteiger partial charge in [0.2, 0.25) is 0 Å². The second kappa shape index (κ2) is 6.78. The van der Waals surface area contributed by atoms with Crippen LogP contribution in [0.25, 0.3) is 0 Å². The van der Waals surface area contributed by atoms with Gasteiger partial charge in [0, 0.05) is 16.6 Å². The van der Waals surface area contributed by atoms with E-state index in [1.807, 2.05) is 19.1 Å². The molecule has 2 rings (SSSR count). The highest BCUT2D eigenvalue weighted by Gasteiger charge is 2.10. The molecule has 0 aliphatic rings. The van der Waals surface area contributed by atoms with E-state index in [0.717, 1.165) is 5.56 Å². The van der Waals surface area contributed by atoms with Gasteiger partial charge in [0.25, 0.3) is 0 Å². The summed E-state index contributed by atoms with van der Waals surface area (Å²) in [6.07, 6.45) is 0. The number of halogens is 2. The first-order chi connectivity index (χ1) is 10.0. The monoisotopic (exact) mass is 309 g/mol. The highest BCUT2D eigenvalue weighted by Crippen LogP contribution is 2.30. The molecule has 0 aromatic heterocycles. The summed E-state index contributed by atoms with van der Waals surface area (Å²) in [5.74, 6) is 0.712.